The summed E-state index contributed by atoms with van der Waals surface area (Å²) < 4.78 is 5.10. The lowest BCUT2D eigenvalue weighted by atomic mass is 9.94. The highest BCUT2D eigenvalue weighted by molar-refractivity contribution is 14.0. The van der Waals surface area contributed by atoms with Gasteiger partial charge in [-0.25, -0.2) is 0 Å². The maximum Gasteiger partial charge on any atom is 0.191 e. The van der Waals surface area contributed by atoms with Crippen molar-refractivity contribution < 1.29 is 4.74 Å². The van der Waals surface area contributed by atoms with Crippen molar-refractivity contribution in [1.29, 1.82) is 0 Å². The van der Waals surface area contributed by atoms with Gasteiger partial charge in [-0.2, -0.15) is 0 Å². The molecule has 0 spiro atoms. The third-order valence-electron chi connectivity index (χ3n) is 4.77. The van der Waals surface area contributed by atoms with Gasteiger partial charge in [0.15, 0.2) is 5.96 Å². The summed E-state index contributed by atoms with van der Waals surface area (Å²) in [6, 6.07) is 8.79. The molecular weight excluding hydrogens is 439 g/mol. The molecule has 26 heavy (non-hydrogen) atoms. The van der Waals surface area contributed by atoms with E-state index >= 15 is 0 Å². The van der Waals surface area contributed by atoms with Crippen molar-refractivity contribution in [3.8, 4) is 0 Å². The molecule has 0 amide bonds. The van der Waals surface area contributed by atoms with E-state index in [1.54, 1.807) is 7.11 Å². The number of ether oxygens (including phenoxy) is 1. The summed E-state index contributed by atoms with van der Waals surface area (Å²) in [4.78, 5) is 7.37. The van der Waals surface area contributed by atoms with Gasteiger partial charge in [-0.05, 0) is 44.7 Å². The molecule has 5 nitrogen and oxygen atoms in total. The Hall–Kier alpha value is -0.860. The number of aliphatic imine (C=N–C) groups is 1. The number of guanidine groups is 1. The predicted molar refractivity (Wildman–Crippen MR) is 121 cm³/mol. The van der Waals surface area contributed by atoms with E-state index in [2.05, 4.69) is 60.6 Å². The molecule has 148 valence electrons. The van der Waals surface area contributed by atoms with Crippen LogP contribution in [-0.4, -0.2) is 56.3 Å². The maximum absolute atomic E-state index is 5.10. The number of rotatable bonds is 8. The van der Waals surface area contributed by atoms with E-state index in [-0.39, 0.29) is 29.5 Å². The highest BCUT2D eigenvalue weighted by Gasteiger charge is 2.29. The fourth-order valence-corrected chi connectivity index (χ4v) is 3.15. The minimum atomic E-state index is 0. The number of hydrogen-bond donors (Lipinski definition) is 2. The van der Waals surface area contributed by atoms with Crippen molar-refractivity contribution in [3.63, 3.8) is 0 Å². The van der Waals surface area contributed by atoms with E-state index in [1.807, 2.05) is 0 Å². The van der Waals surface area contributed by atoms with E-state index in [0.717, 1.165) is 58.1 Å². The van der Waals surface area contributed by atoms with Crippen molar-refractivity contribution in [1.82, 2.24) is 15.5 Å². The highest BCUT2D eigenvalue weighted by atomic mass is 127. The van der Waals surface area contributed by atoms with Gasteiger partial charge in [-0.15, -0.1) is 24.0 Å². The van der Waals surface area contributed by atoms with Crippen LogP contribution in [0.4, 0.5) is 0 Å². The third kappa shape index (κ3) is 7.04. The lowest BCUT2D eigenvalue weighted by Gasteiger charge is -2.40. The average molecular weight is 474 g/mol. The summed E-state index contributed by atoms with van der Waals surface area (Å²) in [5.74, 6) is 0.893. The predicted octanol–water partition coefficient (Wildman–Crippen LogP) is 3.03. The summed E-state index contributed by atoms with van der Waals surface area (Å²) in [5, 5.41) is 6.72. The second kappa shape index (κ2) is 11.8. The first-order valence-corrected chi connectivity index (χ1v) is 9.40. The Balaban J connectivity index is 0.00000338. The highest BCUT2D eigenvalue weighted by Crippen LogP contribution is 2.25. The van der Waals surface area contributed by atoms with Crippen LogP contribution in [0.1, 0.15) is 38.3 Å². The largest absolute Gasteiger partial charge is 0.385 e. The molecule has 0 bridgehead atoms. The van der Waals surface area contributed by atoms with Gasteiger partial charge in [0, 0.05) is 45.4 Å². The molecule has 1 aromatic carbocycles. The molecule has 0 atom stereocenters. The summed E-state index contributed by atoms with van der Waals surface area (Å²) >= 11 is 0. The molecule has 6 heteroatoms. The number of hydrogen-bond acceptors (Lipinski definition) is 3. The summed E-state index contributed by atoms with van der Waals surface area (Å²) in [7, 11) is 1.73. The van der Waals surface area contributed by atoms with Gasteiger partial charge in [0.05, 0.1) is 6.54 Å². The topological polar surface area (TPSA) is 48.9 Å². The normalized spacial score (nSPS) is 15.2. The van der Waals surface area contributed by atoms with Crippen LogP contribution in [0, 0.1) is 0 Å². The Morgan fingerprint density at radius 1 is 1.23 bits per heavy atom. The Kier molecular flexibility index (Phi) is 10.5. The molecule has 0 unspecified atom stereocenters. The SMILES string of the molecule is CCNC(=NCC(C)(C)N1CCc2ccccc2C1)NCCCOC.I. The molecule has 1 aromatic rings. The van der Waals surface area contributed by atoms with E-state index in [9.17, 15) is 0 Å². The second-order valence-corrected chi connectivity index (χ2v) is 7.22. The van der Waals surface area contributed by atoms with Gasteiger partial charge < -0.3 is 15.4 Å². The molecule has 0 fully saturated rings. The van der Waals surface area contributed by atoms with Gasteiger partial charge in [0.25, 0.3) is 0 Å². The number of halogens is 1. The summed E-state index contributed by atoms with van der Waals surface area (Å²) in [5.41, 5.74) is 2.98. The average Bonchev–Trinajstić information content (AvgIpc) is 2.62. The van der Waals surface area contributed by atoms with E-state index in [1.165, 1.54) is 11.1 Å². The Labute approximate surface area is 176 Å². The zero-order chi connectivity index (χ0) is 18.1. The van der Waals surface area contributed by atoms with Gasteiger partial charge >= 0.3 is 0 Å². The molecule has 1 aliphatic heterocycles. The second-order valence-electron chi connectivity index (χ2n) is 7.22. The van der Waals surface area contributed by atoms with E-state index in [0.29, 0.717) is 0 Å². The number of fused-ring (bicyclic) bond motifs is 1. The molecule has 1 aliphatic rings. The monoisotopic (exact) mass is 474 g/mol. The number of nitrogens with one attached hydrogen (secondary N) is 2. The molecule has 0 saturated carbocycles. The van der Waals surface area contributed by atoms with Crippen molar-refractivity contribution in [3.05, 3.63) is 35.4 Å². The molecule has 2 rings (SSSR count). The lowest BCUT2D eigenvalue weighted by Crippen LogP contribution is -2.49. The molecule has 0 saturated heterocycles. The molecule has 0 aromatic heterocycles. The number of methoxy groups -OCH3 is 1. The first-order chi connectivity index (χ1) is 12.1. The standard InChI is InChI=1S/C20H34N4O.HI/c1-5-21-19(22-12-8-14-25-4)23-16-20(2,3)24-13-11-17-9-6-7-10-18(17)15-24;/h6-7,9-10H,5,8,11-16H2,1-4H3,(H2,21,22,23);1H. The van der Waals surface area contributed by atoms with Crippen LogP contribution in [0.15, 0.2) is 29.3 Å². The molecule has 0 radical (unpaired) electrons. The minimum Gasteiger partial charge on any atom is -0.385 e. The van der Waals surface area contributed by atoms with Crippen LogP contribution in [0.2, 0.25) is 0 Å². The molecule has 2 N–H and O–H groups in total. The van der Waals surface area contributed by atoms with Crippen LogP contribution in [-0.2, 0) is 17.7 Å². The van der Waals surface area contributed by atoms with Gasteiger partial charge in [0.1, 0.15) is 0 Å². The first kappa shape index (κ1) is 23.2. The quantitative estimate of drug-likeness (QED) is 0.263. The van der Waals surface area contributed by atoms with Crippen molar-refractivity contribution in [2.75, 3.05) is 39.9 Å². The Morgan fingerprint density at radius 2 is 1.96 bits per heavy atom. The third-order valence-corrected chi connectivity index (χ3v) is 4.77. The fraction of sp³-hybridized carbons (Fsp3) is 0.650. The van der Waals surface area contributed by atoms with E-state index < -0.39 is 0 Å². The van der Waals surface area contributed by atoms with Crippen LogP contribution in [0.3, 0.4) is 0 Å². The van der Waals surface area contributed by atoms with Crippen LogP contribution < -0.4 is 10.6 Å². The Morgan fingerprint density at radius 3 is 2.65 bits per heavy atom. The van der Waals surface area contributed by atoms with E-state index in [4.69, 9.17) is 9.73 Å². The van der Waals surface area contributed by atoms with Crippen molar-refractivity contribution in [2.24, 2.45) is 4.99 Å². The number of nitrogens with zero attached hydrogens (tertiary/aromatic N) is 2. The van der Waals surface area contributed by atoms with Crippen LogP contribution in [0.25, 0.3) is 0 Å². The molecule has 1 heterocycles. The lowest BCUT2D eigenvalue weighted by molar-refractivity contribution is 0.111. The van der Waals surface area contributed by atoms with Gasteiger partial charge in [-0.1, -0.05) is 24.3 Å². The fourth-order valence-electron chi connectivity index (χ4n) is 3.15. The summed E-state index contributed by atoms with van der Waals surface area (Å²) in [6.45, 7) is 12.1. The minimum absolute atomic E-state index is 0. The molecular formula is C20H35IN4O. The zero-order valence-corrected chi connectivity index (χ0v) is 19.0. The zero-order valence-electron chi connectivity index (χ0n) is 16.7. The molecule has 0 aliphatic carbocycles. The van der Waals surface area contributed by atoms with Crippen molar-refractivity contribution in [2.45, 2.75) is 45.7 Å². The Bertz CT molecular complexity index is 562. The van der Waals surface area contributed by atoms with Gasteiger partial charge in [0.2, 0.25) is 0 Å². The van der Waals surface area contributed by atoms with Gasteiger partial charge in [-0.3, -0.25) is 9.89 Å². The smallest absolute Gasteiger partial charge is 0.191 e. The van der Waals surface area contributed by atoms with Crippen molar-refractivity contribution >= 4 is 29.9 Å². The first-order valence-electron chi connectivity index (χ1n) is 9.40. The number of benzene rings is 1. The summed E-state index contributed by atoms with van der Waals surface area (Å²) in [6.07, 6.45) is 2.10. The van der Waals surface area contributed by atoms with Crippen LogP contribution in [0.5, 0.6) is 0 Å². The van der Waals surface area contributed by atoms with Crippen LogP contribution >= 0.6 is 24.0 Å². The maximum atomic E-state index is 5.10.